The van der Waals surface area contributed by atoms with Crippen LogP contribution in [-0.4, -0.2) is 24.9 Å². The van der Waals surface area contributed by atoms with E-state index in [0.717, 1.165) is 29.5 Å². The van der Waals surface area contributed by atoms with Gasteiger partial charge in [-0.25, -0.2) is 0 Å². The van der Waals surface area contributed by atoms with E-state index in [0.29, 0.717) is 0 Å². The summed E-state index contributed by atoms with van der Waals surface area (Å²) in [6.45, 7) is 0. The first-order chi connectivity index (χ1) is 18.6. The van der Waals surface area contributed by atoms with Crippen LogP contribution in [0.4, 0.5) is 0 Å². The molecule has 4 heteroatoms. The summed E-state index contributed by atoms with van der Waals surface area (Å²) in [6, 6.07) is 39.2. The number of rotatable bonds is 12. The van der Waals surface area contributed by atoms with Gasteiger partial charge in [0, 0.05) is 6.42 Å². The molecule has 0 spiro atoms. The standard InChI is InChI=1S/C34H33NO3/c1-38-33(37)32(26-31(36)25-15-14-18-27-16-6-2-7-17-27)35-34(28-19-8-3-9-20-28,29-21-10-4-11-22-29)30-23-12-5-13-24-30/h2-13,15-17,19-25,32,35H,14,18,26H2,1H3/b25-15+/t32-/m0/s1. The molecule has 192 valence electrons. The minimum absolute atomic E-state index is 0.0250. The Bertz CT molecular complexity index is 1220. The number of aryl methyl sites for hydroxylation is 1. The van der Waals surface area contributed by atoms with Crippen molar-refractivity contribution in [3.05, 3.63) is 156 Å². The van der Waals surface area contributed by atoms with Crippen molar-refractivity contribution in [1.82, 2.24) is 5.32 Å². The Hall–Kier alpha value is -4.28. The highest BCUT2D eigenvalue weighted by Gasteiger charge is 2.40. The number of ether oxygens (including phenoxy) is 1. The fourth-order valence-corrected chi connectivity index (χ4v) is 4.79. The topological polar surface area (TPSA) is 55.4 Å². The minimum atomic E-state index is -0.889. The first-order valence-electron chi connectivity index (χ1n) is 12.9. The van der Waals surface area contributed by atoms with E-state index in [1.807, 2.05) is 115 Å². The Labute approximate surface area is 225 Å². The van der Waals surface area contributed by atoms with Gasteiger partial charge in [0.05, 0.1) is 12.6 Å². The first kappa shape index (κ1) is 26.8. The van der Waals surface area contributed by atoms with Crippen molar-refractivity contribution in [2.45, 2.75) is 30.8 Å². The Morgan fingerprint density at radius 3 is 1.63 bits per heavy atom. The maximum absolute atomic E-state index is 13.1. The Morgan fingerprint density at radius 1 is 0.737 bits per heavy atom. The van der Waals surface area contributed by atoms with Crippen molar-refractivity contribution < 1.29 is 14.3 Å². The smallest absolute Gasteiger partial charge is 0.323 e. The van der Waals surface area contributed by atoms with Crippen molar-refractivity contribution in [3.8, 4) is 0 Å². The normalized spacial score (nSPS) is 12.2. The molecule has 0 aliphatic rings. The van der Waals surface area contributed by atoms with E-state index in [1.165, 1.54) is 12.7 Å². The molecule has 0 saturated carbocycles. The quantitative estimate of drug-likeness (QED) is 0.141. The van der Waals surface area contributed by atoms with Crippen LogP contribution in [0.3, 0.4) is 0 Å². The second-order valence-electron chi connectivity index (χ2n) is 9.17. The molecule has 0 fully saturated rings. The third-order valence-electron chi connectivity index (χ3n) is 6.65. The van der Waals surface area contributed by atoms with Crippen molar-refractivity contribution in [1.29, 1.82) is 0 Å². The maximum Gasteiger partial charge on any atom is 0.323 e. The summed E-state index contributed by atoms with van der Waals surface area (Å²) in [5.74, 6) is -0.618. The zero-order valence-electron chi connectivity index (χ0n) is 21.6. The molecule has 0 saturated heterocycles. The van der Waals surface area contributed by atoms with Gasteiger partial charge in [-0.2, -0.15) is 0 Å². The van der Waals surface area contributed by atoms with Crippen LogP contribution in [0.2, 0.25) is 0 Å². The summed E-state index contributed by atoms with van der Waals surface area (Å²) >= 11 is 0. The monoisotopic (exact) mass is 503 g/mol. The van der Waals surface area contributed by atoms with E-state index < -0.39 is 17.6 Å². The van der Waals surface area contributed by atoms with E-state index in [-0.39, 0.29) is 12.2 Å². The van der Waals surface area contributed by atoms with Gasteiger partial charge < -0.3 is 4.74 Å². The number of hydrogen-bond acceptors (Lipinski definition) is 4. The van der Waals surface area contributed by atoms with Crippen LogP contribution < -0.4 is 5.32 Å². The van der Waals surface area contributed by atoms with Crippen LogP contribution in [0.1, 0.15) is 35.1 Å². The van der Waals surface area contributed by atoms with Gasteiger partial charge in [-0.1, -0.05) is 127 Å². The van der Waals surface area contributed by atoms with E-state index in [2.05, 4.69) is 17.4 Å². The average Bonchev–Trinajstić information content (AvgIpc) is 2.99. The number of hydrogen-bond donors (Lipinski definition) is 1. The molecular formula is C34H33NO3. The number of esters is 1. The number of carbonyl (C=O) groups is 2. The van der Waals surface area contributed by atoms with E-state index >= 15 is 0 Å². The second kappa shape index (κ2) is 13.3. The van der Waals surface area contributed by atoms with Crippen LogP contribution in [0.25, 0.3) is 0 Å². The SMILES string of the molecule is COC(=O)[C@H](CC(=O)/C=C/CCc1ccccc1)NC(c1ccccc1)(c1ccccc1)c1ccccc1. The van der Waals surface area contributed by atoms with Crippen LogP contribution in [-0.2, 0) is 26.3 Å². The molecular weight excluding hydrogens is 470 g/mol. The predicted molar refractivity (Wildman–Crippen MR) is 152 cm³/mol. The largest absolute Gasteiger partial charge is 0.468 e. The lowest BCUT2D eigenvalue weighted by atomic mass is 9.76. The van der Waals surface area contributed by atoms with Crippen molar-refractivity contribution in [2.24, 2.45) is 0 Å². The Balaban J connectivity index is 1.66. The van der Waals surface area contributed by atoms with Gasteiger partial charge in [0.2, 0.25) is 0 Å². The molecule has 0 bridgehead atoms. The molecule has 0 radical (unpaired) electrons. The van der Waals surface area contributed by atoms with E-state index in [1.54, 1.807) is 6.08 Å². The highest BCUT2D eigenvalue weighted by molar-refractivity contribution is 5.93. The third kappa shape index (κ3) is 6.53. The van der Waals surface area contributed by atoms with Crippen molar-refractivity contribution in [3.63, 3.8) is 0 Å². The molecule has 0 aliphatic carbocycles. The molecule has 1 atom stereocenters. The zero-order chi connectivity index (χ0) is 26.6. The lowest BCUT2D eigenvalue weighted by Crippen LogP contribution is -2.53. The molecule has 4 aromatic rings. The average molecular weight is 504 g/mol. The Morgan fingerprint density at radius 2 is 1.18 bits per heavy atom. The number of nitrogens with one attached hydrogen (secondary N) is 1. The number of ketones is 1. The summed E-state index contributed by atoms with van der Waals surface area (Å²) < 4.78 is 5.17. The molecule has 0 unspecified atom stereocenters. The zero-order valence-corrected chi connectivity index (χ0v) is 21.6. The number of allylic oxidation sites excluding steroid dienone is 2. The predicted octanol–water partition coefficient (Wildman–Crippen LogP) is 6.26. The number of methoxy groups -OCH3 is 1. The van der Waals surface area contributed by atoms with Gasteiger partial charge in [-0.05, 0) is 41.2 Å². The molecule has 38 heavy (non-hydrogen) atoms. The first-order valence-corrected chi connectivity index (χ1v) is 12.9. The summed E-state index contributed by atoms with van der Waals surface area (Å²) in [6.07, 6.45) is 5.03. The summed E-state index contributed by atoms with van der Waals surface area (Å²) in [5, 5.41) is 3.59. The van der Waals surface area contributed by atoms with Gasteiger partial charge >= 0.3 is 5.97 Å². The molecule has 4 rings (SSSR count). The van der Waals surface area contributed by atoms with E-state index in [9.17, 15) is 9.59 Å². The molecule has 0 aliphatic heterocycles. The highest BCUT2D eigenvalue weighted by atomic mass is 16.5. The second-order valence-corrected chi connectivity index (χ2v) is 9.17. The molecule has 4 nitrogen and oxygen atoms in total. The van der Waals surface area contributed by atoms with Crippen LogP contribution in [0.15, 0.2) is 133 Å². The lowest BCUT2D eigenvalue weighted by Gasteiger charge is -2.39. The summed E-state index contributed by atoms with van der Waals surface area (Å²) in [7, 11) is 1.35. The highest BCUT2D eigenvalue weighted by Crippen LogP contribution is 2.37. The molecule has 4 aromatic carbocycles. The van der Waals surface area contributed by atoms with Gasteiger partial charge in [-0.15, -0.1) is 0 Å². The summed E-state index contributed by atoms with van der Waals surface area (Å²) in [4.78, 5) is 26.1. The molecule has 0 amide bonds. The molecule has 1 N–H and O–H groups in total. The summed E-state index contributed by atoms with van der Waals surface area (Å²) in [5.41, 5.74) is 3.20. The lowest BCUT2D eigenvalue weighted by molar-refractivity contribution is -0.144. The van der Waals surface area contributed by atoms with Gasteiger partial charge in [0.15, 0.2) is 5.78 Å². The van der Waals surface area contributed by atoms with Crippen molar-refractivity contribution >= 4 is 11.8 Å². The van der Waals surface area contributed by atoms with Crippen molar-refractivity contribution in [2.75, 3.05) is 7.11 Å². The number of carbonyl (C=O) groups excluding carboxylic acids is 2. The minimum Gasteiger partial charge on any atom is -0.468 e. The molecule has 0 aromatic heterocycles. The number of benzene rings is 4. The molecule has 0 heterocycles. The van der Waals surface area contributed by atoms with Crippen LogP contribution in [0.5, 0.6) is 0 Å². The van der Waals surface area contributed by atoms with Crippen LogP contribution in [0, 0.1) is 0 Å². The fourth-order valence-electron chi connectivity index (χ4n) is 4.79. The van der Waals surface area contributed by atoms with Gasteiger partial charge in [0.1, 0.15) is 6.04 Å². The van der Waals surface area contributed by atoms with Crippen LogP contribution >= 0.6 is 0 Å². The maximum atomic E-state index is 13.1. The fraction of sp³-hybridized carbons (Fsp3) is 0.176. The van der Waals surface area contributed by atoms with E-state index in [4.69, 9.17) is 4.74 Å². The van der Waals surface area contributed by atoms with Gasteiger partial charge in [0.25, 0.3) is 0 Å². The third-order valence-corrected chi connectivity index (χ3v) is 6.65. The Kier molecular flexibility index (Phi) is 9.38. The van der Waals surface area contributed by atoms with Gasteiger partial charge in [-0.3, -0.25) is 14.9 Å².